The van der Waals surface area contributed by atoms with E-state index in [0.29, 0.717) is 37.4 Å². The minimum Gasteiger partial charge on any atom is -0.465 e. The fourth-order valence-electron chi connectivity index (χ4n) is 2.69. The van der Waals surface area contributed by atoms with Crippen LogP contribution in [0.3, 0.4) is 0 Å². The number of pyridine rings is 1. The number of benzene rings is 1. The van der Waals surface area contributed by atoms with Crippen molar-refractivity contribution in [3.8, 4) is 5.82 Å². The molecular weight excluding hydrogens is 495 g/mol. The molecule has 3 rings (SSSR count). The average Bonchev–Trinajstić information content (AvgIpc) is 3.08. The van der Waals surface area contributed by atoms with Crippen LogP contribution in [-0.4, -0.2) is 33.8 Å². The average molecular weight is 510 g/mol. The molecule has 0 unspecified atom stereocenters. The Morgan fingerprint density at radius 1 is 1.27 bits per heavy atom. The van der Waals surface area contributed by atoms with E-state index in [-0.39, 0.29) is 5.56 Å². The molecule has 0 bridgehead atoms. The summed E-state index contributed by atoms with van der Waals surface area (Å²) in [6, 6.07) is 8.19. The normalized spacial score (nSPS) is 11.0. The molecule has 3 aromatic rings. The maximum absolute atomic E-state index is 12.5. The SMILES string of the molecule is COC(=O)c1cc(Cl)cc(C)c1NC(=O)/C=C/c1cc(Br)nn1-c1ncccc1Cl. The number of aryl methyl sites for hydroxylation is 1. The highest BCUT2D eigenvalue weighted by molar-refractivity contribution is 9.10. The highest BCUT2D eigenvalue weighted by Gasteiger charge is 2.17. The molecule has 2 aromatic heterocycles. The van der Waals surface area contributed by atoms with E-state index in [2.05, 4.69) is 31.3 Å². The van der Waals surface area contributed by atoms with Crippen molar-refractivity contribution in [2.75, 3.05) is 12.4 Å². The van der Waals surface area contributed by atoms with Crippen molar-refractivity contribution < 1.29 is 14.3 Å². The number of hydrogen-bond acceptors (Lipinski definition) is 5. The number of esters is 1. The molecular formula is C20H15BrCl2N4O3. The Morgan fingerprint density at radius 2 is 2.03 bits per heavy atom. The van der Waals surface area contributed by atoms with Gasteiger partial charge >= 0.3 is 5.97 Å². The Balaban J connectivity index is 1.89. The highest BCUT2D eigenvalue weighted by Crippen LogP contribution is 2.27. The molecule has 0 aliphatic heterocycles. The summed E-state index contributed by atoms with van der Waals surface area (Å²) in [4.78, 5) is 28.8. The summed E-state index contributed by atoms with van der Waals surface area (Å²) in [6.45, 7) is 1.73. The molecule has 0 saturated heterocycles. The number of rotatable bonds is 5. The van der Waals surface area contributed by atoms with Gasteiger partial charge in [-0.3, -0.25) is 4.79 Å². The molecule has 30 heavy (non-hydrogen) atoms. The summed E-state index contributed by atoms with van der Waals surface area (Å²) in [6.07, 6.45) is 4.46. The second kappa shape index (κ2) is 9.42. The van der Waals surface area contributed by atoms with E-state index in [9.17, 15) is 9.59 Å². The van der Waals surface area contributed by atoms with E-state index in [4.69, 9.17) is 27.9 Å². The quantitative estimate of drug-likeness (QED) is 0.382. The predicted molar refractivity (Wildman–Crippen MR) is 119 cm³/mol. The summed E-state index contributed by atoms with van der Waals surface area (Å²) in [5, 5.41) is 7.78. The molecule has 0 atom stereocenters. The first-order valence-corrected chi connectivity index (χ1v) is 10.1. The third-order valence-electron chi connectivity index (χ3n) is 4.01. The van der Waals surface area contributed by atoms with E-state index < -0.39 is 11.9 Å². The monoisotopic (exact) mass is 508 g/mol. The molecule has 154 valence electrons. The van der Waals surface area contributed by atoms with Crippen molar-refractivity contribution in [1.82, 2.24) is 14.8 Å². The van der Waals surface area contributed by atoms with Gasteiger partial charge in [-0.1, -0.05) is 23.2 Å². The highest BCUT2D eigenvalue weighted by atomic mass is 79.9. The largest absolute Gasteiger partial charge is 0.465 e. The zero-order valence-corrected chi connectivity index (χ0v) is 18.9. The van der Waals surface area contributed by atoms with E-state index >= 15 is 0 Å². The first-order valence-electron chi connectivity index (χ1n) is 8.54. The summed E-state index contributed by atoms with van der Waals surface area (Å²) in [7, 11) is 1.26. The van der Waals surface area contributed by atoms with Gasteiger partial charge in [0, 0.05) is 17.3 Å². The number of carbonyl (C=O) groups is 2. The summed E-state index contributed by atoms with van der Waals surface area (Å²) in [5.41, 5.74) is 1.68. The van der Waals surface area contributed by atoms with Crippen molar-refractivity contribution >= 4 is 62.8 Å². The molecule has 1 N–H and O–H groups in total. The number of ether oxygens (including phenoxy) is 1. The molecule has 0 radical (unpaired) electrons. The second-order valence-corrected chi connectivity index (χ2v) is 7.73. The molecule has 7 nitrogen and oxygen atoms in total. The van der Waals surface area contributed by atoms with Crippen LogP contribution < -0.4 is 5.32 Å². The van der Waals surface area contributed by atoms with Crippen molar-refractivity contribution in [2.45, 2.75) is 6.92 Å². The molecule has 2 heterocycles. The van der Waals surface area contributed by atoms with Gasteiger partial charge in [-0.05, 0) is 64.8 Å². The van der Waals surface area contributed by atoms with E-state index in [1.807, 2.05) is 0 Å². The van der Waals surface area contributed by atoms with Crippen LogP contribution in [0.25, 0.3) is 11.9 Å². The van der Waals surface area contributed by atoms with Crippen molar-refractivity contribution in [3.63, 3.8) is 0 Å². The minimum absolute atomic E-state index is 0.164. The zero-order valence-electron chi connectivity index (χ0n) is 15.8. The van der Waals surface area contributed by atoms with Crippen LogP contribution in [-0.2, 0) is 9.53 Å². The van der Waals surface area contributed by atoms with Gasteiger partial charge in [0.25, 0.3) is 0 Å². The number of aromatic nitrogens is 3. The van der Waals surface area contributed by atoms with Crippen molar-refractivity contribution in [3.05, 3.63) is 74.1 Å². The number of amides is 1. The predicted octanol–water partition coefficient (Wildman–Crippen LogP) is 5.08. The third kappa shape index (κ3) is 4.89. The Hall–Kier alpha value is -2.68. The minimum atomic E-state index is -0.605. The molecule has 1 amide bonds. The number of carbonyl (C=O) groups excluding carboxylic acids is 2. The van der Waals surface area contributed by atoms with Crippen LogP contribution in [0, 0.1) is 6.92 Å². The second-order valence-electron chi connectivity index (χ2n) is 6.07. The van der Waals surface area contributed by atoms with Gasteiger partial charge in [0.05, 0.1) is 29.1 Å². The lowest BCUT2D eigenvalue weighted by Crippen LogP contribution is -2.14. The summed E-state index contributed by atoms with van der Waals surface area (Å²) >= 11 is 15.5. The molecule has 0 aliphatic carbocycles. The van der Waals surface area contributed by atoms with Crippen LogP contribution >= 0.6 is 39.1 Å². The summed E-state index contributed by atoms with van der Waals surface area (Å²) in [5.74, 6) is -0.639. The maximum Gasteiger partial charge on any atom is 0.340 e. The number of anilines is 1. The Morgan fingerprint density at radius 3 is 2.73 bits per heavy atom. The van der Waals surface area contributed by atoms with Crippen molar-refractivity contribution in [2.24, 2.45) is 0 Å². The van der Waals surface area contributed by atoms with Crippen LogP contribution in [0.2, 0.25) is 10.0 Å². The van der Waals surface area contributed by atoms with Gasteiger partial charge in [-0.15, -0.1) is 0 Å². The van der Waals surface area contributed by atoms with Gasteiger partial charge < -0.3 is 10.1 Å². The van der Waals surface area contributed by atoms with Crippen LogP contribution in [0.4, 0.5) is 5.69 Å². The zero-order chi connectivity index (χ0) is 21.8. The third-order valence-corrected chi connectivity index (χ3v) is 4.91. The molecule has 0 saturated carbocycles. The van der Waals surface area contributed by atoms with Crippen LogP contribution in [0.1, 0.15) is 21.6 Å². The molecule has 1 aromatic carbocycles. The standard InChI is InChI=1S/C20H15BrCl2N4O3/c1-11-8-12(22)9-14(20(29)30-2)18(11)25-17(28)6-5-13-10-16(21)26-27(13)19-15(23)4-3-7-24-19/h3-10H,1-2H3,(H,25,28)/b6-5+. The lowest BCUT2D eigenvalue weighted by Gasteiger charge is -2.12. The van der Waals surface area contributed by atoms with Crippen molar-refractivity contribution in [1.29, 1.82) is 0 Å². The lowest BCUT2D eigenvalue weighted by molar-refractivity contribution is -0.111. The van der Waals surface area contributed by atoms with Gasteiger partial charge in [-0.2, -0.15) is 5.10 Å². The fraction of sp³-hybridized carbons (Fsp3) is 0.100. The smallest absolute Gasteiger partial charge is 0.340 e. The number of halogens is 3. The number of nitrogens with one attached hydrogen (secondary N) is 1. The van der Waals surface area contributed by atoms with E-state index in [0.717, 1.165) is 0 Å². The molecule has 0 aliphatic rings. The Bertz CT molecular complexity index is 1160. The van der Waals surface area contributed by atoms with Gasteiger partial charge in [0.2, 0.25) is 5.91 Å². The van der Waals surface area contributed by atoms with Crippen LogP contribution in [0.15, 0.2) is 47.2 Å². The van der Waals surface area contributed by atoms with Gasteiger partial charge in [0.1, 0.15) is 4.60 Å². The Labute approximate surface area is 190 Å². The van der Waals surface area contributed by atoms with Crippen LogP contribution in [0.5, 0.6) is 0 Å². The van der Waals surface area contributed by atoms with E-state index in [1.54, 1.807) is 43.5 Å². The fourth-order valence-corrected chi connectivity index (χ4v) is 3.56. The number of nitrogens with zero attached hydrogens (tertiary/aromatic N) is 3. The Kier molecular flexibility index (Phi) is 6.91. The molecule has 0 fully saturated rings. The molecule has 10 heteroatoms. The summed E-state index contributed by atoms with van der Waals surface area (Å²) < 4.78 is 6.82. The number of methoxy groups -OCH3 is 1. The number of hydrogen-bond donors (Lipinski definition) is 1. The van der Waals surface area contributed by atoms with Gasteiger partial charge in [-0.25, -0.2) is 14.5 Å². The maximum atomic E-state index is 12.5. The van der Waals surface area contributed by atoms with Gasteiger partial charge in [0.15, 0.2) is 5.82 Å². The molecule has 0 spiro atoms. The topological polar surface area (TPSA) is 86.1 Å². The first-order chi connectivity index (χ1) is 14.3. The lowest BCUT2D eigenvalue weighted by atomic mass is 10.1. The first kappa shape index (κ1) is 22.0. The van der Waals surface area contributed by atoms with E-state index in [1.165, 1.54) is 23.9 Å².